The number of hydrogen-bond acceptors (Lipinski definition) is 13. The van der Waals surface area contributed by atoms with Gasteiger partial charge in [0.1, 0.15) is 43.2 Å². The van der Waals surface area contributed by atoms with E-state index >= 15 is 0 Å². The highest BCUT2D eigenvalue weighted by molar-refractivity contribution is 5.69. The topological polar surface area (TPSA) is 191 Å². The summed E-state index contributed by atoms with van der Waals surface area (Å²) >= 11 is 0. The first-order chi connectivity index (χ1) is 22.6. The number of aliphatic hydroxyl groups is 5. The van der Waals surface area contributed by atoms with E-state index in [2.05, 4.69) is 12.2 Å². The van der Waals surface area contributed by atoms with Crippen LogP contribution in [0.5, 0.6) is 0 Å². The lowest BCUT2D eigenvalue weighted by molar-refractivity contribution is -0.304. The van der Waals surface area contributed by atoms with Crippen LogP contribution in [0.3, 0.4) is 0 Å². The van der Waals surface area contributed by atoms with E-state index in [1.165, 1.54) is 6.92 Å². The molecule has 5 N–H and O–H groups in total. The van der Waals surface area contributed by atoms with Gasteiger partial charge in [-0.05, 0) is 45.4 Å². The maximum Gasteiger partial charge on any atom is 0.306 e. The summed E-state index contributed by atoms with van der Waals surface area (Å²) in [6.07, 6.45) is 4.94. The zero-order valence-electron chi connectivity index (χ0n) is 28.0. The van der Waals surface area contributed by atoms with E-state index in [9.17, 15) is 35.1 Å². The van der Waals surface area contributed by atoms with Crippen molar-refractivity contribution in [2.75, 3.05) is 26.4 Å². The number of rotatable bonds is 3. The minimum absolute atomic E-state index is 0.158. The van der Waals surface area contributed by atoms with E-state index < -0.39 is 79.6 Å². The molecule has 272 valence electrons. The number of allylic oxidation sites excluding steroid dienone is 2. The van der Waals surface area contributed by atoms with E-state index in [1.807, 2.05) is 6.92 Å². The van der Waals surface area contributed by atoms with Crippen LogP contribution in [0.15, 0.2) is 12.2 Å². The van der Waals surface area contributed by atoms with Crippen molar-refractivity contribution in [3.05, 3.63) is 12.2 Å². The van der Waals surface area contributed by atoms with Gasteiger partial charge in [-0.15, -0.1) is 0 Å². The maximum atomic E-state index is 12.5. The molecule has 0 amide bonds. The van der Waals surface area contributed by atoms with Crippen LogP contribution < -0.4 is 0 Å². The second kappa shape index (κ2) is 21.4. The number of aliphatic hydroxyl groups excluding tert-OH is 5. The molecule has 4 rings (SSSR count). The SMILES string of the molecule is CC(=O)OC[C@H]1O[C@H]2OC(C)CCCCCC/C=C\CCCCCCCC(=O)O[C@H]3[C@H](O)[C@@H](O)[C@H](COC[C@@H]2[C@@H](O)[C@@H]1O)O[C@@H]3CO. The Morgan fingerprint density at radius 3 is 2.15 bits per heavy atom. The lowest BCUT2D eigenvalue weighted by atomic mass is 9.91. The van der Waals surface area contributed by atoms with E-state index in [0.717, 1.165) is 70.6 Å². The van der Waals surface area contributed by atoms with Gasteiger partial charge in [-0.1, -0.05) is 50.7 Å². The Hall–Kier alpha value is -1.68. The molecule has 2 fully saturated rings. The molecule has 47 heavy (non-hydrogen) atoms. The predicted octanol–water partition coefficient (Wildman–Crippen LogP) is 2.07. The molecule has 0 aromatic carbocycles. The van der Waals surface area contributed by atoms with Crippen LogP contribution in [0.1, 0.15) is 97.3 Å². The molecule has 4 heterocycles. The lowest BCUT2D eigenvalue weighted by Crippen LogP contribution is -2.61. The summed E-state index contributed by atoms with van der Waals surface area (Å²) < 4.78 is 34.3. The summed E-state index contributed by atoms with van der Waals surface area (Å²) in [6.45, 7) is 1.90. The Labute approximate surface area is 278 Å². The van der Waals surface area contributed by atoms with Gasteiger partial charge in [0.25, 0.3) is 0 Å². The molecule has 2 bridgehead atoms. The highest BCUT2D eigenvalue weighted by Gasteiger charge is 2.48. The fourth-order valence-electron chi connectivity index (χ4n) is 6.26. The number of carbonyl (C=O) groups excluding carboxylic acids is 2. The summed E-state index contributed by atoms with van der Waals surface area (Å²) in [7, 11) is 0. The summed E-state index contributed by atoms with van der Waals surface area (Å²) in [5.41, 5.74) is 0. The average molecular weight is 675 g/mol. The van der Waals surface area contributed by atoms with Crippen LogP contribution in [0.4, 0.5) is 0 Å². The minimum Gasteiger partial charge on any atom is -0.463 e. The van der Waals surface area contributed by atoms with Crippen LogP contribution in [-0.2, 0) is 38.0 Å². The molecule has 13 heteroatoms. The first-order valence-corrected chi connectivity index (χ1v) is 17.5. The van der Waals surface area contributed by atoms with Gasteiger partial charge >= 0.3 is 11.9 Å². The summed E-state index contributed by atoms with van der Waals surface area (Å²) in [6, 6.07) is 0. The molecule has 0 spiro atoms. The Bertz CT molecular complexity index is 930. The number of hydrogen-bond donors (Lipinski definition) is 5. The number of ether oxygens (including phenoxy) is 6. The minimum atomic E-state index is -1.53. The van der Waals surface area contributed by atoms with Crippen molar-refractivity contribution < 1.29 is 63.5 Å². The zero-order chi connectivity index (χ0) is 34.2. The van der Waals surface area contributed by atoms with Gasteiger partial charge < -0.3 is 54.0 Å². The molecule has 2 saturated heterocycles. The zero-order valence-corrected chi connectivity index (χ0v) is 28.0. The predicted molar refractivity (Wildman–Crippen MR) is 169 cm³/mol. The number of esters is 2. The van der Waals surface area contributed by atoms with Crippen molar-refractivity contribution in [3.8, 4) is 0 Å². The van der Waals surface area contributed by atoms with Gasteiger partial charge in [0.05, 0.1) is 37.9 Å². The maximum absolute atomic E-state index is 12.5. The Kier molecular flexibility index (Phi) is 18.1. The summed E-state index contributed by atoms with van der Waals surface area (Å²) in [5.74, 6) is -1.94. The Morgan fingerprint density at radius 1 is 0.809 bits per heavy atom. The smallest absolute Gasteiger partial charge is 0.306 e. The Balaban J connectivity index is 1.68. The van der Waals surface area contributed by atoms with E-state index in [1.54, 1.807) is 0 Å². The monoisotopic (exact) mass is 674 g/mol. The molecule has 11 atom stereocenters. The van der Waals surface area contributed by atoms with Crippen molar-refractivity contribution in [3.63, 3.8) is 0 Å². The average Bonchev–Trinajstić information content (AvgIpc) is 3.04. The van der Waals surface area contributed by atoms with Crippen molar-refractivity contribution >= 4 is 11.9 Å². The number of carbonyl (C=O) groups is 2. The van der Waals surface area contributed by atoms with Gasteiger partial charge in [-0.25, -0.2) is 0 Å². The molecule has 0 radical (unpaired) electrons. The summed E-state index contributed by atoms with van der Waals surface area (Å²) in [4.78, 5) is 23.9. The summed E-state index contributed by atoms with van der Waals surface area (Å²) in [5, 5.41) is 53.4. The first kappa shape index (κ1) is 39.8. The fourth-order valence-corrected chi connectivity index (χ4v) is 6.26. The van der Waals surface area contributed by atoms with E-state index in [4.69, 9.17) is 28.4 Å². The molecule has 4 aliphatic rings. The van der Waals surface area contributed by atoms with Crippen molar-refractivity contribution in [2.45, 2.75) is 159 Å². The molecule has 0 aromatic heterocycles. The standard InChI is InChI=1S/C34H58O13/c1-22-16-14-12-10-8-6-4-3-5-7-9-11-13-15-17-28(37)47-33-25(18-35)45-26(31(40)32(33)41)20-42-19-24-29(38)30(39)27(21-43-23(2)36)46-34(24)44-22/h3-4,22,24-27,29-35,38-41H,5-21H2,1-2H3/b4-3-/t22?,24-,25-,26+,27-,29-,30-,31+,32-,33-,34-/m1/s1. The van der Waals surface area contributed by atoms with Gasteiger partial charge in [-0.2, -0.15) is 0 Å². The third-order valence-electron chi connectivity index (χ3n) is 9.12. The van der Waals surface area contributed by atoms with Crippen LogP contribution >= 0.6 is 0 Å². The first-order valence-electron chi connectivity index (χ1n) is 17.5. The van der Waals surface area contributed by atoms with Crippen LogP contribution in [0.2, 0.25) is 0 Å². The van der Waals surface area contributed by atoms with Gasteiger partial charge in [0.2, 0.25) is 0 Å². The number of fused-ring (bicyclic) bond motifs is 21. The van der Waals surface area contributed by atoms with Crippen molar-refractivity contribution in [1.82, 2.24) is 0 Å². The largest absolute Gasteiger partial charge is 0.463 e. The third-order valence-corrected chi connectivity index (χ3v) is 9.12. The highest BCUT2D eigenvalue weighted by Crippen LogP contribution is 2.31. The lowest BCUT2D eigenvalue weighted by Gasteiger charge is -2.44. The molecule has 0 aromatic rings. The van der Waals surface area contributed by atoms with Gasteiger partial charge in [-0.3, -0.25) is 9.59 Å². The quantitative estimate of drug-likeness (QED) is 0.216. The van der Waals surface area contributed by atoms with Crippen molar-refractivity contribution in [1.29, 1.82) is 0 Å². The van der Waals surface area contributed by atoms with Gasteiger partial charge in [0, 0.05) is 13.3 Å². The second-order valence-electron chi connectivity index (χ2n) is 13.1. The normalized spacial score (nSPS) is 39.0. The van der Waals surface area contributed by atoms with E-state index in [-0.39, 0.29) is 32.3 Å². The van der Waals surface area contributed by atoms with Crippen LogP contribution in [-0.4, -0.2) is 125 Å². The molecule has 13 nitrogen and oxygen atoms in total. The molecule has 4 aliphatic heterocycles. The third kappa shape index (κ3) is 13.3. The second-order valence-corrected chi connectivity index (χ2v) is 13.1. The molecular formula is C34H58O13. The van der Waals surface area contributed by atoms with Crippen LogP contribution in [0, 0.1) is 5.92 Å². The molecule has 1 unspecified atom stereocenters. The highest BCUT2D eigenvalue weighted by atomic mass is 16.7. The molecule has 0 saturated carbocycles. The fraction of sp³-hybridized carbons (Fsp3) is 0.882. The van der Waals surface area contributed by atoms with Gasteiger partial charge in [0.15, 0.2) is 12.4 Å². The van der Waals surface area contributed by atoms with E-state index in [0.29, 0.717) is 6.42 Å². The van der Waals surface area contributed by atoms with Crippen molar-refractivity contribution in [2.24, 2.45) is 5.92 Å². The Morgan fingerprint density at radius 2 is 1.47 bits per heavy atom. The molecule has 0 aliphatic carbocycles. The van der Waals surface area contributed by atoms with Crippen LogP contribution in [0.25, 0.3) is 0 Å². The molecular weight excluding hydrogens is 616 g/mol.